The van der Waals surface area contributed by atoms with Gasteiger partial charge in [0.15, 0.2) is 0 Å². The number of hydrogen-bond donors (Lipinski definition) is 1. The Balaban J connectivity index is 2.95. The van der Waals surface area contributed by atoms with Crippen molar-refractivity contribution in [3.8, 4) is 6.07 Å². The second kappa shape index (κ2) is 6.14. The van der Waals surface area contributed by atoms with Gasteiger partial charge >= 0.3 is 0 Å². The third kappa shape index (κ3) is 2.98. The van der Waals surface area contributed by atoms with Crippen LogP contribution in [0.2, 0.25) is 0 Å². The summed E-state index contributed by atoms with van der Waals surface area (Å²) in [6.45, 7) is 5.73. The predicted octanol–water partition coefficient (Wildman–Crippen LogP) is 2.45. The molecule has 0 saturated heterocycles. The maximum Gasteiger partial charge on any atom is 0.0640 e. The summed E-state index contributed by atoms with van der Waals surface area (Å²) < 4.78 is 0. The van der Waals surface area contributed by atoms with E-state index < -0.39 is 0 Å². The molecule has 2 N–H and O–H groups in total. The Hall–Kier alpha value is -1.53. The van der Waals surface area contributed by atoms with Crippen molar-refractivity contribution >= 4 is 5.69 Å². The van der Waals surface area contributed by atoms with E-state index in [4.69, 9.17) is 11.0 Å². The van der Waals surface area contributed by atoms with Gasteiger partial charge in [0.25, 0.3) is 0 Å². The molecule has 0 aromatic heterocycles. The first-order valence-electron chi connectivity index (χ1n) is 5.67. The Morgan fingerprint density at radius 2 is 2.12 bits per heavy atom. The Bertz CT molecular complexity index is 366. The summed E-state index contributed by atoms with van der Waals surface area (Å²) in [6.07, 6.45) is 0.543. The van der Waals surface area contributed by atoms with Crippen molar-refractivity contribution in [1.29, 1.82) is 5.26 Å². The molecular formula is C13H19N3. The monoisotopic (exact) mass is 217 g/mol. The summed E-state index contributed by atoms with van der Waals surface area (Å²) in [5, 5.41) is 8.63. The lowest BCUT2D eigenvalue weighted by Crippen LogP contribution is -2.26. The van der Waals surface area contributed by atoms with E-state index in [9.17, 15) is 0 Å². The van der Waals surface area contributed by atoms with Gasteiger partial charge in [0, 0.05) is 24.8 Å². The third-order valence-electron chi connectivity index (χ3n) is 2.64. The van der Waals surface area contributed by atoms with Gasteiger partial charge in [-0.2, -0.15) is 5.26 Å². The van der Waals surface area contributed by atoms with Crippen LogP contribution in [0.3, 0.4) is 0 Å². The predicted molar refractivity (Wildman–Crippen MR) is 67.2 cm³/mol. The first-order chi connectivity index (χ1) is 7.70. The van der Waals surface area contributed by atoms with Crippen LogP contribution in [0, 0.1) is 11.3 Å². The summed E-state index contributed by atoms with van der Waals surface area (Å²) in [4.78, 5) is 2.20. The van der Waals surface area contributed by atoms with Crippen molar-refractivity contribution in [3.05, 3.63) is 29.8 Å². The van der Waals surface area contributed by atoms with E-state index in [0.717, 1.165) is 24.3 Å². The average molecular weight is 217 g/mol. The molecule has 0 aliphatic heterocycles. The molecule has 1 aromatic rings. The van der Waals surface area contributed by atoms with Crippen LogP contribution in [0.1, 0.15) is 31.9 Å². The molecule has 3 heteroatoms. The smallest absolute Gasteiger partial charge is 0.0640 e. The quantitative estimate of drug-likeness (QED) is 0.824. The normalized spacial score (nSPS) is 11.9. The van der Waals surface area contributed by atoms with Gasteiger partial charge in [0.05, 0.1) is 12.5 Å². The molecule has 0 radical (unpaired) electrons. The molecule has 1 aromatic carbocycles. The minimum Gasteiger partial charge on any atom is -0.371 e. The Morgan fingerprint density at radius 1 is 1.44 bits per heavy atom. The molecule has 3 nitrogen and oxygen atoms in total. The number of rotatable bonds is 5. The lowest BCUT2D eigenvalue weighted by Gasteiger charge is -2.26. The topological polar surface area (TPSA) is 53.0 Å². The molecule has 86 valence electrons. The van der Waals surface area contributed by atoms with Crippen molar-refractivity contribution < 1.29 is 0 Å². The van der Waals surface area contributed by atoms with Crippen LogP contribution >= 0.6 is 0 Å². The van der Waals surface area contributed by atoms with Gasteiger partial charge in [-0.3, -0.25) is 0 Å². The maximum absolute atomic E-state index is 8.63. The molecule has 1 atom stereocenters. The fourth-order valence-electron chi connectivity index (χ4n) is 1.79. The highest BCUT2D eigenvalue weighted by Gasteiger charge is 2.11. The second-order valence-corrected chi connectivity index (χ2v) is 3.84. The lowest BCUT2D eigenvalue weighted by molar-refractivity contribution is 0.778. The first-order valence-corrected chi connectivity index (χ1v) is 5.67. The van der Waals surface area contributed by atoms with Gasteiger partial charge in [0.2, 0.25) is 0 Å². The highest BCUT2D eigenvalue weighted by molar-refractivity contribution is 5.54. The lowest BCUT2D eigenvalue weighted by atomic mass is 10.1. The molecule has 0 bridgehead atoms. The Kier molecular flexibility index (Phi) is 4.81. The molecule has 0 saturated carbocycles. The van der Waals surface area contributed by atoms with Gasteiger partial charge in [0.1, 0.15) is 0 Å². The highest BCUT2D eigenvalue weighted by atomic mass is 15.1. The number of benzene rings is 1. The zero-order valence-corrected chi connectivity index (χ0v) is 9.98. The van der Waals surface area contributed by atoms with Crippen LogP contribution < -0.4 is 10.6 Å². The Labute approximate surface area is 97.5 Å². The average Bonchev–Trinajstić information content (AvgIpc) is 2.30. The molecule has 16 heavy (non-hydrogen) atoms. The van der Waals surface area contributed by atoms with Gasteiger partial charge in [-0.05, 0) is 25.5 Å². The van der Waals surface area contributed by atoms with Crippen LogP contribution in [0.15, 0.2) is 24.3 Å². The van der Waals surface area contributed by atoms with E-state index in [1.54, 1.807) is 0 Å². The van der Waals surface area contributed by atoms with Crippen LogP contribution in [0.5, 0.6) is 0 Å². The summed E-state index contributed by atoms with van der Waals surface area (Å²) in [6, 6.07) is 10.3. The number of anilines is 1. The number of nitrogens with zero attached hydrogens (tertiary/aromatic N) is 2. The van der Waals surface area contributed by atoms with Crippen molar-refractivity contribution in [2.45, 2.75) is 26.3 Å². The van der Waals surface area contributed by atoms with Gasteiger partial charge in [-0.1, -0.05) is 18.2 Å². The van der Waals surface area contributed by atoms with Crippen LogP contribution in [0.25, 0.3) is 0 Å². The molecule has 0 fully saturated rings. The number of hydrogen-bond acceptors (Lipinski definition) is 3. The molecule has 0 amide bonds. The summed E-state index contributed by atoms with van der Waals surface area (Å²) in [5.74, 6) is 0. The fraction of sp³-hybridized carbons (Fsp3) is 0.462. The molecule has 0 heterocycles. The van der Waals surface area contributed by atoms with Crippen LogP contribution in [-0.2, 0) is 0 Å². The van der Waals surface area contributed by atoms with E-state index in [2.05, 4.69) is 30.0 Å². The van der Waals surface area contributed by atoms with Gasteiger partial charge in [-0.15, -0.1) is 0 Å². The highest BCUT2D eigenvalue weighted by Crippen LogP contribution is 2.24. The number of para-hydroxylation sites is 1. The van der Waals surface area contributed by atoms with E-state index in [1.165, 1.54) is 0 Å². The molecule has 0 unspecified atom stereocenters. The van der Waals surface area contributed by atoms with Gasteiger partial charge in [-0.25, -0.2) is 0 Å². The number of nitrogens with two attached hydrogens (primary N) is 1. The standard InChI is InChI=1S/C13H19N3/c1-3-16(10-6-9-14)13-8-5-4-7-12(13)11(2)15/h4-5,7-8,11H,3,6,10,15H2,1-2H3/t11-/m1/s1. The zero-order valence-electron chi connectivity index (χ0n) is 9.98. The summed E-state index contributed by atoms with van der Waals surface area (Å²) in [5.41, 5.74) is 8.23. The molecule has 0 aliphatic rings. The van der Waals surface area contributed by atoms with E-state index >= 15 is 0 Å². The minimum atomic E-state index is 0.0207. The molecule has 0 aliphatic carbocycles. The van der Waals surface area contributed by atoms with Crippen LogP contribution in [0.4, 0.5) is 5.69 Å². The largest absolute Gasteiger partial charge is 0.371 e. The SMILES string of the molecule is CCN(CCC#N)c1ccccc1[C@@H](C)N. The summed E-state index contributed by atoms with van der Waals surface area (Å²) >= 11 is 0. The van der Waals surface area contributed by atoms with E-state index in [1.807, 2.05) is 19.1 Å². The minimum absolute atomic E-state index is 0.0207. The van der Waals surface area contributed by atoms with Crippen molar-refractivity contribution in [3.63, 3.8) is 0 Å². The van der Waals surface area contributed by atoms with Crippen molar-refractivity contribution in [1.82, 2.24) is 0 Å². The zero-order chi connectivity index (χ0) is 12.0. The van der Waals surface area contributed by atoms with E-state index in [0.29, 0.717) is 6.42 Å². The van der Waals surface area contributed by atoms with Crippen molar-refractivity contribution in [2.75, 3.05) is 18.0 Å². The summed E-state index contributed by atoms with van der Waals surface area (Å²) in [7, 11) is 0. The molecular weight excluding hydrogens is 198 g/mol. The van der Waals surface area contributed by atoms with E-state index in [-0.39, 0.29) is 6.04 Å². The third-order valence-corrected chi connectivity index (χ3v) is 2.64. The van der Waals surface area contributed by atoms with Gasteiger partial charge < -0.3 is 10.6 Å². The Morgan fingerprint density at radius 3 is 2.69 bits per heavy atom. The maximum atomic E-state index is 8.63. The fourth-order valence-corrected chi connectivity index (χ4v) is 1.79. The first kappa shape index (κ1) is 12.5. The second-order valence-electron chi connectivity index (χ2n) is 3.84. The van der Waals surface area contributed by atoms with Crippen LogP contribution in [-0.4, -0.2) is 13.1 Å². The molecule has 1 rings (SSSR count). The van der Waals surface area contributed by atoms with Crippen molar-refractivity contribution in [2.24, 2.45) is 5.73 Å². The number of nitriles is 1. The molecule has 0 spiro atoms.